The first-order valence-corrected chi connectivity index (χ1v) is 5.27. The van der Waals surface area contributed by atoms with Crippen LogP contribution < -0.4 is 0 Å². The Balaban J connectivity index is 2.94. The molecule has 17 heavy (non-hydrogen) atoms. The summed E-state index contributed by atoms with van der Waals surface area (Å²) < 4.78 is 4.41. The maximum atomic E-state index is 11.1. The smallest absolute Gasteiger partial charge is 0.421 e. The van der Waals surface area contributed by atoms with Crippen molar-refractivity contribution in [1.82, 2.24) is 0 Å². The molecular formula is C11H8Cl2N2O2. The molecular weight excluding hydrogens is 263 g/mol. The third-order valence-electron chi connectivity index (χ3n) is 1.88. The van der Waals surface area contributed by atoms with Gasteiger partial charge in [0.05, 0.1) is 17.2 Å². The van der Waals surface area contributed by atoms with Gasteiger partial charge in [0.15, 0.2) is 0 Å². The molecule has 1 rings (SSSR count). The fourth-order valence-corrected chi connectivity index (χ4v) is 1.34. The zero-order chi connectivity index (χ0) is 12.8. The summed E-state index contributed by atoms with van der Waals surface area (Å²) in [6.07, 6.45) is 2.86. The molecule has 0 spiro atoms. The summed E-state index contributed by atoms with van der Waals surface area (Å²) in [6.45, 7) is 0. The zero-order valence-electron chi connectivity index (χ0n) is 8.85. The van der Waals surface area contributed by atoms with Crippen molar-refractivity contribution < 1.29 is 14.3 Å². The van der Waals surface area contributed by atoms with Gasteiger partial charge in [0.25, 0.3) is 0 Å². The molecule has 0 N–H and O–H groups in total. The van der Waals surface area contributed by atoms with E-state index in [4.69, 9.17) is 28.7 Å². The summed E-state index contributed by atoms with van der Waals surface area (Å²) in [5.41, 5.74) is 9.10. The lowest BCUT2D eigenvalue weighted by atomic mass is 10.2. The largest absolute Gasteiger partial charge is 0.460 e. The predicted octanol–water partition coefficient (Wildman–Crippen LogP) is 2.85. The standard InChI is InChI=1S/C11H8Cl2N2O2/c1-17-11(16)10(15-14)5-3-7-2-4-8(12)9(13)6-7/h2-6H,1H3. The Bertz CT molecular complexity index is 520. The summed E-state index contributed by atoms with van der Waals surface area (Å²) in [5, 5.41) is 0.835. The summed E-state index contributed by atoms with van der Waals surface area (Å²) in [7, 11) is 1.19. The second kappa shape index (κ2) is 6.21. The topological polar surface area (TPSA) is 62.7 Å². The molecule has 0 fully saturated rings. The number of rotatable bonds is 3. The normalized spacial score (nSPS) is 10.1. The average molecular weight is 271 g/mol. The van der Waals surface area contributed by atoms with Crippen molar-refractivity contribution >= 4 is 41.0 Å². The first-order chi connectivity index (χ1) is 8.08. The van der Waals surface area contributed by atoms with Gasteiger partial charge in [-0.2, -0.15) is 4.79 Å². The van der Waals surface area contributed by atoms with Crippen molar-refractivity contribution in [2.75, 3.05) is 7.11 Å². The van der Waals surface area contributed by atoms with Gasteiger partial charge in [0.2, 0.25) is 0 Å². The zero-order valence-corrected chi connectivity index (χ0v) is 10.4. The molecule has 0 aromatic heterocycles. The van der Waals surface area contributed by atoms with Crippen LogP contribution in [-0.2, 0) is 9.53 Å². The Morgan fingerprint density at radius 2 is 2.12 bits per heavy atom. The van der Waals surface area contributed by atoms with E-state index in [1.807, 2.05) is 0 Å². The summed E-state index contributed by atoms with van der Waals surface area (Å²) >= 11 is 11.6. The molecule has 0 aliphatic rings. The Kier molecular flexibility index (Phi) is 4.91. The maximum absolute atomic E-state index is 11.1. The van der Waals surface area contributed by atoms with Gasteiger partial charge in [0, 0.05) is 6.08 Å². The molecule has 0 saturated carbocycles. The second-order valence-corrected chi connectivity index (χ2v) is 3.80. The quantitative estimate of drug-likeness (QED) is 0.367. The summed E-state index contributed by atoms with van der Waals surface area (Å²) in [4.78, 5) is 13.9. The molecule has 0 aliphatic carbocycles. The number of hydrogen-bond donors (Lipinski definition) is 0. The molecule has 0 saturated heterocycles. The lowest BCUT2D eigenvalue weighted by molar-refractivity contribution is -0.137. The molecule has 1 aromatic carbocycles. The fraction of sp³-hybridized carbons (Fsp3) is 0.0909. The van der Waals surface area contributed by atoms with Gasteiger partial charge in [-0.05, 0) is 23.8 Å². The molecule has 0 atom stereocenters. The van der Waals surface area contributed by atoms with E-state index < -0.39 is 5.97 Å². The number of esters is 1. The van der Waals surface area contributed by atoms with E-state index in [1.54, 1.807) is 24.3 Å². The SMILES string of the molecule is COC(=O)C(C=Cc1ccc(Cl)c(Cl)c1)=[N+]=[N-]. The molecule has 1 aromatic rings. The minimum atomic E-state index is -0.733. The Labute approximate surface area is 108 Å². The predicted molar refractivity (Wildman–Crippen MR) is 66.1 cm³/mol. The van der Waals surface area contributed by atoms with Gasteiger partial charge >= 0.3 is 11.7 Å². The second-order valence-electron chi connectivity index (χ2n) is 2.98. The van der Waals surface area contributed by atoms with Crippen LogP contribution in [0.25, 0.3) is 11.6 Å². The van der Waals surface area contributed by atoms with Crippen LogP contribution in [0.15, 0.2) is 24.3 Å². The van der Waals surface area contributed by atoms with Gasteiger partial charge in [-0.15, -0.1) is 0 Å². The van der Waals surface area contributed by atoms with Crippen LogP contribution in [0.5, 0.6) is 0 Å². The van der Waals surface area contributed by atoms with Gasteiger partial charge in [-0.1, -0.05) is 29.3 Å². The number of benzene rings is 1. The third kappa shape index (κ3) is 3.71. The molecule has 0 unspecified atom stereocenters. The van der Waals surface area contributed by atoms with Crippen LogP contribution in [0.4, 0.5) is 0 Å². The number of methoxy groups -OCH3 is 1. The highest BCUT2D eigenvalue weighted by atomic mass is 35.5. The number of ether oxygens (including phenoxy) is 1. The highest BCUT2D eigenvalue weighted by Crippen LogP contribution is 2.23. The van der Waals surface area contributed by atoms with E-state index in [0.717, 1.165) is 0 Å². The first kappa shape index (κ1) is 13.5. The van der Waals surface area contributed by atoms with Crippen molar-refractivity contribution in [3.8, 4) is 0 Å². The minimum absolute atomic E-state index is 0.210. The number of nitrogens with zero attached hydrogens (tertiary/aromatic N) is 2. The molecule has 4 nitrogen and oxygen atoms in total. The van der Waals surface area contributed by atoms with Crippen molar-refractivity contribution in [2.45, 2.75) is 0 Å². The van der Waals surface area contributed by atoms with Crippen LogP contribution >= 0.6 is 23.2 Å². The van der Waals surface area contributed by atoms with Gasteiger partial charge in [-0.25, -0.2) is 4.79 Å². The molecule has 6 heteroatoms. The Morgan fingerprint density at radius 1 is 1.41 bits per heavy atom. The lowest BCUT2D eigenvalue weighted by Crippen LogP contribution is -2.13. The molecule has 88 valence electrons. The monoisotopic (exact) mass is 270 g/mol. The molecule has 0 radical (unpaired) electrons. The average Bonchev–Trinajstić information content (AvgIpc) is 2.33. The maximum Gasteiger partial charge on any atom is 0.421 e. The van der Waals surface area contributed by atoms with Crippen LogP contribution in [0.1, 0.15) is 5.56 Å². The fourth-order valence-electron chi connectivity index (χ4n) is 1.04. The number of hydrogen-bond acceptors (Lipinski definition) is 2. The van der Waals surface area contributed by atoms with E-state index in [-0.39, 0.29) is 5.71 Å². The highest BCUT2D eigenvalue weighted by molar-refractivity contribution is 6.42. The van der Waals surface area contributed by atoms with E-state index in [0.29, 0.717) is 15.6 Å². The van der Waals surface area contributed by atoms with Gasteiger partial charge in [0.1, 0.15) is 0 Å². The molecule has 0 aliphatic heterocycles. The molecule has 0 amide bonds. The summed E-state index contributed by atoms with van der Waals surface area (Å²) in [5.74, 6) is -0.733. The van der Waals surface area contributed by atoms with Crippen molar-refractivity contribution in [3.63, 3.8) is 0 Å². The molecule has 0 heterocycles. The number of carbonyl (C=O) groups excluding carboxylic acids is 1. The van der Waals surface area contributed by atoms with Crippen LogP contribution in [0.2, 0.25) is 10.0 Å². The van der Waals surface area contributed by atoms with E-state index in [2.05, 4.69) is 9.53 Å². The number of halogens is 2. The Morgan fingerprint density at radius 3 is 2.65 bits per heavy atom. The van der Waals surface area contributed by atoms with Crippen molar-refractivity contribution in [3.05, 3.63) is 45.4 Å². The van der Waals surface area contributed by atoms with E-state index >= 15 is 0 Å². The lowest BCUT2D eigenvalue weighted by Gasteiger charge is -1.96. The van der Waals surface area contributed by atoms with Crippen LogP contribution in [0.3, 0.4) is 0 Å². The van der Waals surface area contributed by atoms with Crippen LogP contribution in [0, 0.1) is 0 Å². The summed E-state index contributed by atoms with van der Waals surface area (Å²) in [6, 6.07) is 4.95. The molecule has 0 bridgehead atoms. The van der Waals surface area contributed by atoms with E-state index in [9.17, 15) is 4.79 Å². The van der Waals surface area contributed by atoms with Gasteiger partial charge in [-0.3, -0.25) is 0 Å². The third-order valence-corrected chi connectivity index (χ3v) is 2.62. The van der Waals surface area contributed by atoms with Gasteiger partial charge < -0.3 is 10.3 Å². The Hall–Kier alpha value is -1.61. The van der Waals surface area contributed by atoms with Crippen LogP contribution in [-0.4, -0.2) is 23.6 Å². The van der Waals surface area contributed by atoms with Crippen molar-refractivity contribution in [2.24, 2.45) is 0 Å². The highest BCUT2D eigenvalue weighted by Gasteiger charge is 2.16. The first-order valence-electron chi connectivity index (χ1n) is 4.52. The minimum Gasteiger partial charge on any atom is -0.460 e. The van der Waals surface area contributed by atoms with E-state index in [1.165, 1.54) is 13.2 Å². The van der Waals surface area contributed by atoms with Crippen molar-refractivity contribution in [1.29, 1.82) is 0 Å². The number of carbonyl (C=O) groups is 1.